The van der Waals surface area contributed by atoms with E-state index < -0.39 is 0 Å². The van der Waals surface area contributed by atoms with Crippen molar-refractivity contribution in [2.45, 2.75) is 132 Å². The molecule has 0 fully saturated rings. The van der Waals surface area contributed by atoms with Crippen LogP contribution in [0.15, 0.2) is 5.11 Å². The van der Waals surface area contributed by atoms with Crippen molar-refractivity contribution in [2.75, 3.05) is 21.2 Å². The van der Waals surface area contributed by atoms with Crippen LogP contribution in [0.1, 0.15) is 132 Å². The van der Waals surface area contributed by atoms with Gasteiger partial charge < -0.3 is 14.8 Å². The molecule has 0 saturated carbocycles. The van der Waals surface area contributed by atoms with Gasteiger partial charge in [-0.25, -0.2) is 0 Å². The minimum absolute atomic E-state index is 0.00463. The number of nitrogens with one attached hydrogen (secondary N) is 1. The van der Waals surface area contributed by atoms with Gasteiger partial charge in [-0.15, -0.1) is 0 Å². The van der Waals surface area contributed by atoms with Gasteiger partial charge in [0.25, 0.3) is 0 Å². The lowest BCUT2D eigenvalue weighted by molar-refractivity contribution is -0.138. The molecule has 0 saturated heterocycles. The monoisotopic (exact) mass is 490 g/mol. The molecule has 0 radical (unpaired) electrons. The number of nitrogens with zero attached hydrogens (tertiary/aromatic N) is 3. The molecule has 34 heavy (non-hydrogen) atoms. The van der Waals surface area contributed by atoms with Crippen LogP contribution in [0.4, 0.5) is 0 Å². The Morgan fingerprint density at radius 2 is 1.03 bits per heavy atom. The first-order valence-electron chi connectivity index (χ1n) is 12.8. The molecule has 0 aliphatic rings. The molecular weight excluding hydrogens is 432 g/mol. The van der Waals surface area contributed by atoms with E-state index in [0.29, 0.717) is 0 Å². The number of azide groups is 1. The quantitative estimate of drug-likeness (QED) is 0.0739. The van der Waals surface area contributed by atoms with Gasteiger partial charge in [-0.05, 0) is 12.5 Å². The molecule has 0 aromatic rings. The summed E-state index contributed by atoms with van der Waals surface area (Å²) in [6.07, 6.45) is 19.7. The second-order valence-corrected chi connectivity index (χ2v) is 6.92. The molecule has 8 nitrogen and oxygen atoms in total. The molecule has 1 amide bonds. The number of unbranched alkanes of at least 4 members (excludes halogenated alkanes) is 12. The predicted molar refractivity (Wildman–Crippen MR) is 147 cm³/mol. The molecule has 0 unspecified atom stereocenters. The summed E-state index contributed by atoms with van der Waals surface area (Å²) in [5.41, 5.74) is 7.33. The number of amides is 1. The summed E-state index contributed by atoms with van der Waals surface area (Å²) in [6.45, 7) is 12.9. The van der Waals surface area contributed by atoms with Crippen LogP contribution in [0.5, 0.6) is 0 Å². The average molecular weight is 491 g/mol. The fourth-order valence-corrected chi connectivity index (χ4v) is 2.09. The molecule has 206 valence electrons. The number of carbonyl (C=O) groups excluding carboxylic acids is 3. The van der Waals surface area contributed by atoms with Gasteiger partial charge in [0, 0.05) is 32.9 Å². The number of esters is 1. The molecular formula is C26H58N4O4. The lowest BCUT2D eigenvalue weighted by Gasteiger charge is -2.01. The second-order valence-electron chi connectivity index (χ2n) is 6.92. The molecule has 0 rings (SSSR count). The summed E-state index contributed by atoms with van der Waals surface area (Å²) in [5.74, 6) is -0.241. The van der Waals surface area contributed by atoms with E-state index in [1.54, 1.807) is 7.05 Å². The zero-order chi connectivity index (χ0) is 27.9. The van der Waals surface area contributed by atoms with Crippen molar-refractivity contribution in [3.05, 3.63) is 10.4 Å². The van der Waals surface area contributed by atoms with E-state index in [2.05, 4.69) is 33.9 Å². The number of ether oxygens (including phenoxy) is 1. The van der Waals surface area contributed by atoms with E-state index >= 15 is 0 Å². The predicted octanol–water partition coefficient (Wildman–Crippen LogP) is 8.19. The van der Waals surface area contributed by atoms with Crippen molar-refractivity contribution in [1.82, 2.24) is 5.32 Å². The van der Waals surface area contributed by atoms with Crippen molar-refractivity contribution in [3.8, 4) is 0 Å². The third-order valence-corrected chi connectivity index (χ3v) is 3.94. The summed E-state index contributed by atoms with van der Waals surface area (Å²) >= 11 is 0. The van der Waals surface area contributed by atoms with Crippen LogP contribution in [0.3, 0.4) is 0 Å². The van der Waals surface area contributed by atoms with Crippen LogP contribution in [-0.4, -0.2) is 39.4 Å². The van der Waals surface area contributed by atoms with E-state index in [4.69, 9.17) is 10.3 Å². The number of rotatable bonds is 12. The molecule has 0 aliphatic heterocycles. The maximum atomic E-state index is 9.70. The molecule has 0 aromatic heterocycles. The molecule has 0 aromatic carbocycles. The minimum atomic E-state index is -0.245. The van der Waals surface area contributed by atoms with E-state index in [9.17, 15) is 9.59 Å². The number of methoxy groups -OCH3 is 1. The van der Waals surface area contributed by atoms with Crippen molar-refractivity contribution in [3.63, 3.8) is 0 Å². The fraction of sp³-hybridized carbons (Fsp3) is 0.885. The van der Waals surface area contributed by atoms with E-state index in [1.807, 2.05) is 13.8 Å². The lowest BCUT2D eigenvalue weighted by Crippen LogP contribution is -2.11. The third kappa shape index (κ3) is 112. The van der Waals surface area contributed by atoms with Gasteiger partial charge in [0.1, 0.15) is 6.29 Å². The number of hydrogen-bond donors (Lipinski definition) is 1. The average Bonchev–Trinajstić information content (AvgIpc) is 2.85. The van der Waals surface area contributed by atoms with Crippen molar-refractivity contribution >= 4 is 18.2 Å². The topological polar surface area (TPSA) is 121 Å². The van der Waals surface area contributed by atoms with Crippen LogP contribution in [0, 0.1) is 0 Å². The van der Waals surface area contributed by atoms with Crippen LogP contribution >= 0.6 is 0 Å². The molecule has 8 heteroatoms. The van der Waals surface area contributed by atoms with Gasteiger partial charge in [-0.1, -0.05) is 116 Å². The fourth-order valence-electron chi connectivity index (χ4n) is 2.09. The number of aldehydes is 1. The Morgan fingerprint density at radius 3 is 1.12 bits per heavy atom. The van der Waals surface area contributed by atoms with Crippen LogP contribution in [-0.2, 0) is 19.1 Å². The van der Waals surface area contributed by atoms with Crippen molar-refractivity contribution in [2.24, 2.45) is 5.11 Å². The summed E-state index contributed by atoms with van der Waals surface area (Å²) in [6, 6.07) is 0. The molecule has 1 N–H and O–H groups in total. The first-order valence-corrected chi connectivity index (χ1v) is 12.8. The number of carbonyl (C=O) groups is 3. The zero-order valence-electron chi connectivity index (χ0n) is 24.2. The normalized spacial score (nSPS) is 7.82. The van der Waals surface area contributed by atoms with Gasteiger partial charge in [-0.3, -0.25) is 9.59 Å². The Balaban J connectivity index is -0.0000000846. The Bertz CT molecular complexity index is 388. The largest absolute Gasteiger partial charge is 0.469 e. The Labute approximate surface area is 211 Å². The van der Waals surface area contributed by atoms with Gasteiger partial charge in [0.2, 0.25) is 5.91 Å². The highest BCUT2D eigenvalue weighted by Crippen LogP contribution is 2.12. The van der Waals surface area contributed by atoms with Crippen LogP contribution in [0.25, 0.3) is 10.4 Å². The third-order valence-electron chi connectivity index (χ3n) is 3.94. The van der Waals surface area contributed by atoms with Gasteiger partial charge >= 0.3 is 5.97 Å². The van der Waals surface area contributed by atoms with Crippen molar-refractivity contribution < 1.29 is 19.1 Å². The molecule has 0 bridgehead atoms. The highest BCUT2D eigenvalue weighted by molar-refractivity contribution is 5.72. The zero-order valence-corrected chi connectivity index (χ0v) is 24.2. The maximum Gasteiger partial charge on any atom is 0.302 e. The van der Waals surface area contributed by atoms with Crippen LogP contribution < -0.4 is 5.32 Å². The standard InChI is InChI=1S/C15H32.C3H7NO.C3H6O2.C2H4O.C2H6.CH3N3/c1-3-5-7-9-11-13-15-14-12-10-8-6-4-2;1-3(5)4-2;1-3(4)5-2;1-2-3;1-2;1-3-4-2/h3-15H2,1-2H3;1-2H3,(H,4,5);1-2H3;2H,1H3;1-2H3;1H3. The molecule has 0 heterocycles. The van der Waals surface area contributed by atoms with Gasteiger partial charge in [0.05, 0.1) is 7.11 Å². The Morgan fingerprint density at radius 1 is 0.853 bits per heavy atom. The summed E-state index contributed by atoms with van der Waals surface area (Å²) < 4.78 is 4.11. The van der Waals surface area contributed by atoms with E-state index in [0.717, 1.165) is 6.29 Å². The van der Waals surface area contributed by atoms with Gasteiger partial charge in [0.15, 0.2) is 0 Å². The summed E-state index contributed by atoms with van der Waals surface area (Å²) in [5, 5.41) is 5.31. The van der Waals surface area contributed by atoms with Crippen LogP contribution in [0.2, 0.25) is 0 Å². The highest BCUT2D eigenvalue weighted by atomic mass is 16.5. The van der Waals surface area contributed by atoms with Gasteiger partial charge in [-0.2, -0.15) is 0 Å². The van der Waals surface area contributed by atoms with Crippen molar-refractivity contribution in [1.29, 1.82) is 0 Å². The minimum Gasteiger partial charge on any atom is -0.469 e. The smallest absolute Gasteiger partial charge is 0.302 e. The Kier molecular flexibility index (Phi) is 77.0. The maximum absolute atomic E-state index is 9.70. The second kappa shape index (κ2) is 57.6. The molecule has 0 atom stereocenters. The number of hydrogen-bond acceptors (Lipinski definition) is 5. The molecule has 0 aliphatic carbocycles. The summed E-state index contributed by atoms with van der Waals surface area (Å²) in [7, 11) is 4.34. The van der Waals surface area contributed by atoms with E-state index in [1.165, 1.54) is 118 Å². The Hall–Kier alpha value is -2.08. The first-order chi connectivity index (χ1) is 16.3. The van der Waals surface area contributed by atoms with E-state index in [-0.39, 0.29) is 11.9 Å². The summed E-state index contributed by atoms with van der Waals surface area (Å²) in [4.78, 5) is 30.5. The first kappa shape index (κ1) is 45.4. The SMILES string of the molecule is CC.CC=O.CCCCCCCCCCCCCCC.CN=[N+]=[N-].CNC(C)=O.COC(C)=O. The lowest BCUT2D eigenvalue weighted by atomic mass is 10.1. The highest BCUT2D eigenvalue weighted by Gasteiger charge is 1.92. The molecule has 0 spiro atoms.